The van der Waals surface area contributed by atoms with E-state index in [4.69, 9.17) is 4.74 Å². The summed E-state index contributed by atoms with van der Waals surface area (Å²) in [6.07, 6.45) is -5.90. The van der Waals surface area contributed by atoms with Gasteiger partial charge in [-0.3, -0.25) is 0 Å². The Hall–Kier alpha value is -2.50. The third-order valence-corrected chi connectivity index (χ3v) is 3.78. The molecule has 1 atom stereocenters. The van der Waals surface area contributed by atoms with Crippen molar-refractivity contribution >= 4 is 5.97 Å². The minimum Gasteiger partial charge on any atom is -0.478 e. The summed E-state index contributed by atoms with van der Waals surface area (Å²) in [5.74, 6) is -0.538. The first-order chi connectivity index (χ1) is 11.7. The third kappa shape index (κ3) is 5.24. The minimum atomic E-state index is -4.47. The molecule has 0 unspecified atom stereocenters. The van der Waals surface area contributed by atoms with Crippen molar-refractivity contribution in [1.82, 2.24) is 0 Å². The number of ether oxygens (including phenoxy) is 1. The van der Waals surface area contributed by atoms with Crippen LogP contribution in [0.2, 0.25) is 0 Å². The summed E-state index contributed by atoms with van der Waals surface area (Å²) in [7, 11) is 0. The minimum absolute atomic E-state index is 0.162. The van der Waals surface area contributed by atoms with Crippen molar-refractivity contribution in [2.45, 2.75) is 38.5 Å². The molecule has 2 rings (SSSR count). The summed E-state index contributed by atoms with van der Waals surface area (Å²) in [4.78, 5) is 11.4. The van der Waals surface area contributed by atoms with Gasteiger partial charge in [-0.2, -0.15) is 13.2 Å². The summed E-state index contributed by atoms with van der Waals surface area (Å²) >= 11 is 0. The van der Waals surface area contributed by atoms with Crippen LogP contribution in [-0.4, -0.2) is 17.2 Å². The zero-order chi connectivity index (χ0) is 18.6. The summed E-state index contributed by atoms with van der Waals surface area (Å²) in [6.45, 7) is 4.06. The van der Waals surface area contributed by atoms with Gasteiger partial charge < -0.3 is 9.84 Å². The van der Waals surface area contributed by atoms with E-state index in [-0.39, 0.29) is 12.0 Å². The molecule has 6 heteroatoms. The van der Waals surface area contributed by atoms with E-state index in [1.807, 2.05) is 26.0 Å². The molecule has 0 spiro atoms. The van der Waals surface area contributed by atoms with E-state index < -0.39 is 23.8 Å². The third-order valence-electron chi connectivity index (χ3n) is 3.78. The van der Waals surface area contributed by atoms with Crippen LogP contribution < -0.4 is 4.74 Å². The van der Waals surface area contributed by atoms with Gasteiger partial charge in [-0.1, -0.05) is 44.2 Å². The van der Waals surface area contributed by atoms with Crippen LogP contribution in [0.1, 0.15) is 36.5 Å². The summed E-state index contributed by atoms with van der Waals surface area (Å²) in [6, 6.07) is 11.6. The van der Waals surface area contributed by atoms with Crippen LogP contribution in [0.5, 0.6) is 5.75 Å². The lowest BCUT2D eigenvalue weighted by Crippen LogP contribution is -2.29. The number of rotatable bonds is 6. The second-order valence-electron chi connectivity index (χ2n) is 6.07. The van der Waals surface area contributed by atoms with Crippen LogP contribution in [0.25, 0.3) is 0 Å². The van der Waals surface area contributed by atoms with E-state index in [9.17, 15) is 23.1 Å². The topological polar surface area (TPSA) is 46.5 Å². The van der Waals surface area contributed by atoms with Gasteiger partial charge in [0.1, 0.15) is 5.75 Å². The molecule has 134 valence electrons. The van der Waals surface area contributed by atoms with Gasteiger partial charge >= 0.3 is 12.1 Å². The quantitative estimate of drug-likeness (QED) is 0.804. The molecule has 0 radical (unpaired) electrons. The Morgan fingerprint density at radius 3 is 2.28 bits per heavy atom. The largest absolute Gasteiger partial charge is 0.478 e. The van der Waals surface area contributed by atoms with E-state index in [1.165, 1.54) is 12.1 Å². The Bertz CT molecular complexity index is 721. The second kappa shape index (κ2) is 7.59. The highest BCUT2D eigenvalue weighted by atomic mass is 19.4. The Kier molecular flexibility index (Phi) is 5.72. The Balaban J connectivity index is 2.15. The fourth-order valence-electron chi connectivity index (χ4n) is 2.36. The maximum Gasteiger partial charge on any atom is 0.416 e. The van der Waals surface area contributed by atoms with E-state index in [2.05, 4.69) is 0 Å². The highest BCUT2D eigenvalue weighted by Gasteiger charge is 2.31. The van der Waals surface area contributed by atoms with Gasteiger partial charge in [-0.05, 0) is 35.2 Å². The number of carboxylic acid groups (broad SMARTS) is 1. The van der Waals surface area contributed by atoms with Gasteiger partial charge in [0.25, 0.3) is 0 Å². The van der Waals surface area contributed by atoms with E-state index >= 15 is 0 Å². The normalized spacial score (nSPS) is 12.9. The maximum atomic E-state index is 12.8. The SMILES string of the molecule is CC(C)c1ccc(O[C@H](Cc2cccc(C(F)(F)F)c2)C(=O)O)cc1. The molecule has 0 bridgehead atoms. The van der Waals surface area contributed by atoms with Gasteiger partial charge in [0.05, 0.1) is 5.56 Å². The average Bonchev–Trinajstić information content (AvgIpc) is 2.54. The lowest BCUT2D eigenvalue weighted by atomic mass is 10.0. The molecular weight excluding hydrogens is 333 g/mol. The lowest BCUT2D eigenvalue weighted by molar-refractivity contribution is -0.145. The molecule has 0 amide bonds. The maximum absolute atomic E-state index is 12.8. The molecule has 0 fully saturated rings. The van der Waals surface area contributed by atoms with Crippen LogP contribution in [0.15, 0.2) is 48.5 Å². The van der Waals surface area contributed by atoms with Crippen LogP contribution in [0.3, 0.4) is 0 Å². The van der Waals surface area contributed by atoms with Crippen molar-refractivity contribution in [3.63, 3.8) is 0 Å². The van der Waals surface area contributed by atoms with Crippen LogP contribution in [0, 0.1) is 0 Å². The molecule has 0 aliphatic rings. The highest BCUT2D eigenvalue weighted by Crippen LogP contribution is 2.30. The lowest BCUT2D eigenvalue weighted by Gasteiger charge is -2.17. The molecule has 2 aromatic rings. The number of benzene rings is 2. The number of carboxylic acids is 1. The van der Waals surface area contributed by atoms with Crippen molar-refractivity contribution in [3.05, 3.63) is 65.2 Å². The van der Waals surface area contributed by atoms with Crippen molar-refractivity contribution in [3.8, 4) is 5.75 Å². The van der Waals surface area contributed by atoms with E-state index in [1.54, 1.807) is 12.1 Å². The Morgan fingerprint density at radius 2 is 1.76 bits per heavy atom. The number of hydrogen-bond acceptors (Lipinski definition) is 2. The van der Waals surface area contributed by atoms with Crippen molar-refractivity contribution in [1.29, 1.82) is 0 Å². The summed E-state index contributed by atoms with van der Waals surface area (Å²) in [5.41, 5.74) is 0.522. The molecule has 0 saturated heterocycles. The number of halogens is 3. The van der Waals surface area contributed by atoms with Gasteiger partial charge in [0.15, 0.2) is 6.10 Å². The molecule has 2 aromatic carbocycles. The standard InChI is InChI=1S/C19H19F3O3/c1-12(2)14-6-8-16(9-7-14)25-17(18(23)24)11-13-4-3-5-15(10-13)19(20,21)22/h3-10,12,17H,11H2,1-2H3,(H,23,24)/t17-/m1/s1. The molecule has 1 N–H and O–H groups in total. The second-order valence-corrected chi connectivity index (χ2v) is 6.07. The molecule has 0 saturated carbocycles. The van der Waals surface area contributed by atoms with Crippen molar-refractivity contribution < 1.29 is 27.8 Å². The first kappa shape index (κ1) is 18.8. The Labute approximate surface area is 144 Å². The van der Waals surface area contributed by atoms with Gasteiger partial charge in [-0.25, -0.2) is 4.79 Å². The number of aliphatic carboxylic acids is 1. The summed E-state index contributed by atoms with van der Waals surface area (Å²) < 4.78 is 43.8. The number of hydrogen-bond donors (Lipinski definition) is 1. The first-order valence-corrected chi connectivity index (χ1v) is 7.82. The highest BCUT2D eigenvalue weighted by molar-refractivity contribution is 5.73. The van der Waals surface area contributed by atoms with E-state index in [0.717, 1.165) is 17.7 Å². The van der Waals surface area contributed by atoms with Crippen LogP contribution in [-0.2, 0) is 17.4 Å². The van der Waals surface area contributed by atoms with Gasteiger partial charge in [0, 0.05) is 6.42 Å². The smallest absolute Gasteiger partial charge is 0.416 e. The fourth-order valence-corrected chi connectivity index (χ4v) is 2.36. The van der Waals surface area contributed by atoms with Crippen molar-refractivity contribution in [2.24, 2.45) is 0 Å². The first-order valence-electron chi connectivity index (χ1n) is 7.82. The zero-order valence-corrected chi connectivity index (χ0v) is 13.9. The molecule has 0 heterocycles. The van der Waals surface area contributed by atoms with Crippen molar-refractivity contribution in [2.75, 3.05) is 0 Å². The summed E-state index contributed by atoms with van der Waals surface area (Å²) in [5, 5.41) is 9.32. The van der Waals surface area contributed by atoms with E-state index in [0.29, 0.717) is 11.7 Å². The predicted octanol–water partition coefficient (Wildman–Crippen LogP) is 4.90. The average molecular weight is 352 g/mol. The molecule has 3 nitrogen and oxygen atoms in total. The molecule has 0 aliphatic carbocycles. The van der Waals surface area contributed by atoms with Gasteiger partial charge in [-0.15, -0.1) is 0 Å². The van der Waals surface area contributed by atoms with Crippen LogP contribution >= 0.6 is 0 Å². The number of carbonyl (C=O) groups is 1. The van der Waals surface area contributed by atoms with Crippen LogP contribution in [0.4, 0.5) is 13.2 Å². The van der Waals surface area contributed by atoms with Gasteiger partial charge in [0.2, 0.25) is 0 Å². The molecule has 0 aliphatic heterocycles. The zero-order valence-electron chi connectivity index (χ0n) is 13.9. The molecule has 25 heavy (non-hydrogen) atoms. The monoisotopic (exact) mass is 352 g/mol. The Morgan fingerprint density at radius 1 is 1.12 bits per heavy atom. The number of alkyl halides is 3. The predicted molar refractivity (Wildman–Crippen MR) is 87.7 cm³/mol. The molecule has 0 aromatic heterocycles. The fraction of sp³-hybridized carbons (Fsp3) is 0.316. The molecular formula is C19H19F3O3.